The van der Waals surface area contributed by atoms with Gasteiger partial charge in [0.25, 0.3) is 10.0 Å². The van der Waals surface area contributed by atoms with Crippen molar-refractivity contribution in [1.82, 2.24) is 0 Å². The van der Waals surface area contributed by atoms with Crippen molar-refractivity contribution in [2.24, 2.45) is 4.40 Å². The van der Waals surface area contributed by atoms with Crippen LogP contribution in [0.5, 0.6) is 0 Å². The van der Waals surface area contributed by atoms with E-state index in [2.05, 4.69) is 4.40 Å². The van der Waals surface area contributed by atoms with Gasteiger partial charge >= 0.3 is 0 Å². The molecule has 5 heteroatoms. The highest BCUT2D eigenvalue weighted by Crippen LogP contribution is 2.15. The van der Waals surface area contributed by atoms with E-state index in [-0.39, 0.29) is 11.5 Å². The predicted octanol–water partition coefficient (Wildman–Crippen LogP) is 1.25. The first kappa shape index (κ1) is 11.8. The molecule has 0 saturated heterocycles. The van der Waals surface area contributed by atoms with E-state index in [9.17, 15) is 13.2 Å². The van der Waals surface area contributed by atoms with Gasteiger partial charge in [0.05, 0.1) is 11.5 Å². The lowest BCUT2D eigenvalue weighted by molar-refractivity contribution is -0.111. The van der Waals surface area contributed by atoms with Gasteiger partial charge in [0, 0.05) is 5.57 Å². The summed E-state index contributed by atoms with van der Waals surface area (Å²) in [7, 11) is -3.40. The summed E-state index contributed by atoms with van der Waals surface area (Å²) in [5.74, 6) is -0.134. The Kier molecular flexibility index (Phi) is 3.24. The maximum absolute atomic E-state index is 11.3. The summed E-state index contributed by atoms with van der Waals surface area (Å²) < 4.78 is 26.2. The Morgan fingerprint density at radius 3 is 2.33 bits per heavy atom. The molecule has 0 N–H and O–H groups in total. The molecular weight excluding hydrogens is 214 g/mol. The van der Waals surface area contributed by atoms with Gasteiger partial charge in [-0.05, 0) is 38.5 Å². The quantitative estimate of drug-likeness (QED) is 0.667. The molecule has 82 valence electrons. The van der Waals surface area contributed by atoms with E-state index in [1.54, 1.807) is 13.8 Å². The summed E-state index contributed by atoms with van der Waals surface area (Å²) in [6, 6.07) is 0. The number of sulfonamides is 1. The Labute approximate surface area is 89.5 Å². The molecule has 0 amide bonds. The van der Waals surface area contributed by atoms with Gasteiger partial charge in [-0.3, -0.25) is 4.79 Å². The van der Waals surface area contributed by atoms with Crippen LogP contribution in [0.2, 0.25) is 0 Å². The lowest BCUT2D eigenvalue weighted by Crippen LogP contribution is -2.13. The molecular formula is C10H13NO3S. The summed E-state index contributed by atoms with van der Waals surface area (Å²) in [5, 5.41) is 0. The van der Waals surface area contributed by atoms with Gasteiger partial charge in [-0.25, -0.2) is 8.42 Å². The van der Waals surface area contributed by atoms with Crippen molar-refractivity contribution in [1.29, 1.82) is 0 Å². The van der Waals surface area contributed by atoms with Crippen LogP contribution in [0.25, 0.3) is 0 Å². The first-order chi connectivity index (χ1) is 6.87. The third-order valence-corrected chi connectivity index (χ3v) is 3.52. The average Bonchev–Trinajstić information content (AvgIpc) is 2.19. The fourth-order valence-electron chi connectivity index (χ4n) is 1.09. The second kappa shape index (κ2) is 4.10. The van der Waals surface area contributed by atoms with E-state index < -0.39 is 10.0 Å². The normalized spacial score (nSPS) is 20.2. The van der Waals surface area contributed by atoms with Crippen molar-refractivity contribution < 1.29 is 13.2 Å². The highest BCUT2D eigenvalue weighted by molar-refractivity contribution is 7.90. The second-order valence-corrected chi connectivity index (χ2v) is 5.22. The van der Waals surface area contributed by atoms with E-state index in [0.717, 1.165) is 0 Å². The first-order valence-electron chi connectivity index (χ1n) is 4.60. The molecule has 0 unspecified atom stereocenters. The van der Waals surface area contributed by atoms with Crippen LogP contribution >= 0.6 is 0 Å². The molecule has 0 aromatic rings. The van der Waals surface area contributed by atoms with Gasteiger partial charge in [-0.2, -0.15) is 4.40 Å². The number of hydrogen-bond donors (Lipinski definition) is 0. The molecule has 0 saturated carbocycles. The maximum Gasteiger partial charge on any atom is 0.253 e. The van der Waals surface area contributed by atoms with Crippen molar-refractivity contribution >= 4 is 21.5 Å². The highest BCUT2D eigenvalue weighted by Gasteiger charge is 2.16. The van der Waals surface area contributed by atoms with Gasteiger partial charge in [0.15, 0.2) is 5.78 Å². The standard InChI is InChI=1S/C10H13NO3S/c1-4-15(13,14)11-9-5-6-10(12)8(3)7(9)2/h5-6H,4H2,1-3H3. The summed E-state index contributed by atoms with van der Waals surface area (Å²) in [6.45, 7) is 4.89. The number of hydrogen-bond acceptors (Lipinski definition) is 3. The van der Waals surface area contributed by atoms with E-state index >= 15 is 0 Å². The zero-order chi connectivity index (χ0) is 11.6. The molecule has 0 aliphatic heterocycles. The molecule has 0 spiro atoms. The second-order valence-electron chi connectivity index (χ2n) is 3.29. The Bertz CT molecular complexity index is 481. The van der Waals surface area contributed by atoms with Gasteiger partial charge in [0.2, 0.25) is 0 Å². The Balaban J connectivity index is 3.22. The molecule has 0 atom stereocenters. The maximum atomic E-state index is 11.3. The van der Waals surface area contributed by atoms with Crippen LogP contribution in [0, 0.1) is 0 Å². The average molecular weight is 227 g/mol. The molecule has 0 heterocycles. The molecule has 0 radical (unpaired) electrons. The summed E-state index contributed by atoms with van der Waals surface area (Å²) in [6.07, 6.45) is 2.78. The van der Waals surface area contributed by atoms with Crippen LogP contribution in [-0.4, -0.2) is 25.7 Å². The lowest BCUT2D eigenvalue weighted by atomic mass is 9.97. The van der Waals surface area contributed by atoms with E-state index in [1.165, 1.54) is 19.1 Å². The van der Waals surface area contributed by atoms with E-state index in [1.807, 2.05) is 0 Å². The van der Waals surface area contributed by atoms with Crippen molar-refractivity contribution in [3.05, 3.63) is 23.3 Å². The fourth-order valence-corrected chi connectivity index (χ4v) is 1.72. The Morgan fingerprint density at radius 2 is 1.80 bits per heavy atom. The van der Waals surface area contributed by atoms with Gasteiger partial charge in [-0.15, -0.1) is 0 Å². The summed E-state index contributed by atoms with van der Waals surface area (Å²) >= 11 is 0. The third kappa shape index (κ3) is 2.62. The molecule has 0 aromatic carbocycles. The van der Waals surface area contributed by atoms with Crippen LogP contribution < -0.4 is 0 Å². The fraction of sp³-hybridized carbons (Fsp3) is 0.400. The summed E-state index contributed by atoms with van der Waals surface area (Å²) in [5.41, 5.74) is 1.52. The van der Waals surface area contributed by atoms with Crippen molar-refractivity contribution in [2.75, 3.05) is 5.75 Å². The van der Waals surface area contributed by atoms with Crippen LogP contribution in [-0.2, 0) is 14.8 Å². The van der Waals surface area contributed by atoms with Crippen LogP contribution in [0.3, 0.4) is 0 Å². The molecule has 15 heavy (non-hydrogen) atoms. The Morgan fingerprint density at radius 1 is 1.20 bits per heavy atom. The van der Waals surface area contributed by atoms with Crippen LogP contribution in [0.4, 0.5) is 0 Å². The predicted molar refractivity (Wildman–Crippen MR) is 59.4 cm³/mol. The number of carbonyl (C=O) groups excluding carboxylic acids is 1. The SMILES string of the molecule is CCS(=O)(=O)N=C1C=CC(=O)C(C)=C1C. The lowest BCUT2D eigenvalue weighted by Gasteiger charge is -2.10. The number of rotatable bonds is 2. The van der Waals surface area contributed by atoms with Gasteiger partial charge < -0.3 is 0 Å². The molecule has 0 fully saturated rings. The zero-order valence-corrected chi connectivity index (χ0v) is 9.76. The molecule has 1 aliphatic rings. The van der Waals surface area contributed by atoms with Crippen LogP contribution in [0.15, 0.2) is 27.7 Å². The third-order valence-electron chi connectivity index (χ3n) is 2.31. The first-order valence-corrected chi connectivity index (χ1v) is 6.21. The van der Waals surface area contributed by atoms with Crippen molar-refractivity contribution in [3.63, 3.8) is 0 Å². The molecule has 1 aliphatic carbocycles. The number of nitrogens with zero attached hydrogens (tertiary/aromatic N) is 1. The number of ketones is 1. The van der Waals surface area contributed by atoms with Crippen LogP contribution in [0.1, 0.15) is 20.8 Å². The highest BCUT2D eigenvalue weighted by atomic mass is 32.2. The van der Waals surface area contributed by atoms with Crippen molar-refractivity contribution in [3.8, 4) is 0 Å². The van der Waals surface area contributed by atoms with Gasteiger partial charge in [-0.1, -0.05) is 0 Å². The molecule has 0 bridgehead atoms. The monoisotopic (exact) mass is 227 g/mol. The van der Waals surface area contributed by atoms with Gasteiger partial charge in [0.1, 0.15) is 0 Å². The molecule has 4 nitrogen and oxygen atoms in total. The molecule has 1 rings (SSSR count). The van der Waals surface area contributed by atoms with E-state index in [0.29, 0.717) is 16.9 Å². The summed E-state index contributed by atoms with van der Waals surface area (Å²) in [4.78, 5) is 11.2. The zero-order valence-electron chi connectivity index (χ0n) is 8.94. The topological polar surface area (TPSA) is 63.6 Å². The largest absolute Gasteiger partial charge is 0.290 e. The number of allylic oxidation sites excluding steroid dienone is 4. The van der Waals surface area contributed by atoms with Crippen molar-refractivity contribution in [2.45, 2.75) is 20.8 Å². The smallest absolute Gasteiger partial charge is 0.253 e. The van der Waals surface area contributed by atoms with E-state index in [4.69, 9.17) is 0 Å². The minimum Gasteiger partial charge on any atom is -0.290 e. The molecule has 0 aromatic heterocycles. The number of carbonyl (C=O) groups is 1. The minimum atomic E-state index is -3.40. The minimum absolute atomic E-state index is 0.0371. The Hall–Kier alpha value is -1.23.